The summed E-state index contributed by atoms with van der Waals surface area (Å²) >= 11 is 0. The van der Waals surface area contributed by atoms with E-state index in [1.54, 1.807) is 0 Å². The molecular formula is C18H22O. The molecule has 1 aliphatic carbocycles. The molecule has 0 bridgehead atoms. The number of hydrogen-bond donors (Lipinski definition) is 1. The van der Waals surface area contributed by atoms with Crippen molar-refractivity contribution in [2.75, 3.05) is 0 Å². The summed E-state index contributed by atoms with van der Waals surface area (Å²) in [5.74, 6) is 0.383. The van der Waals surface area contributed by atoms with Gasteiger partial charge in [0.05, 0.1) is 6.10 Å². The predicted molar refractivity (Wildman–Crippen MR) is 80.0 cm³/mol. The van der Waals surface area contributed by atoms with Gasteiger partial charge in [-0.1, -0.05) is 56.7 Å². The molecular weight excluding hydrogens is 232 g/mol. The van der Waals surface area contributed by atoms with E-state index in [9.17, 15) is 5.11 Å². The summed E-state index contributed by atoms with van der Waals surface area (Å²) in [5, 5.41) is 13.2. The van der Waals surface area contributed by atoms with Gasteiger partial charge in [0.1, 0.15) is 0 Å². The van der Waals surface area contributed by atoms with Gasteiger partial charge in [-0.25, -0.2) is 0 Å². The number of fused-ring (bicyclic) bond motifs is 1. The minimum absolute atomic E-state index is 0.255. The van der Waals surface area contributed by atoms with E-state index >= 15 is 0 Å². The average Bonchev–Trinajstić information content (AvgIpc) is 2.77. The zero-order chi connectivity index (χ0) is 13.5. The van der Waals surface area contributed by atoms with Crippen molar-refractivity contribution < 1.29 is 5.11 Å². The molecule has 0 saturated heterocycles. The molecule has 0 aliphatic heterocycles. The molecule has 1 N–H and O–H groups in total. The number of aliphatic hydroxyl groups is 1. The SMILES string of the molecule is CC1(C)CCCC1C(O)c1ccc2ccccc2c1. The molecule has 0 amide bonds. The van der Waals surface area contributed by atoms with Crippen LogP contribution in [0.1, 0.15) is 44.8 Å². The Hall–Kier alpha value is -1.34. The lowest BCUT2D eigenvalue weighted by Gasteiger charge is -2.31. The van der Waals surface area contributed by atoms with Gasteiger partial charge in [-0.3, -0.25) is 0 Å². The minimum Gasteiger partial charge on any atom is -0.388 e. The van der Waals surface area contributed by atoms with Crippen LogP contribution in [0.2, 0.25) is 0 Å². The lowest BCUT2D eigenvalue weighted by Crippen LogP contribution is -2.24. The van der Waals surface area contributed by atoms with Crippen molar-refractivity contribution in [3.05, 3.63) is 48.0 Å². The normalized spacial score (nSPS) is 23.6. The van der Waals surface area contributed by atoms with Gasteiger partial charge in [-0.2, -0.15) is 0 Å². The highest BCUT2D eigenvalue weighted by Gasteiger charge is 2.39. The van der Waals surface area contributed by atoms with Crippen LogP contribution in [-0.2, 0) is 0 Å². The Morgan fingerprint density at radius 2 is 1.84 bits per heavy atom. The predicted octanol–water partition coefficient (Wildman–Crippen LogP) is 4.70. The fourth-order valence-electron chi connectivity index (χ4n) is 3.56. The number of benzene rings is 2. The molecule has 2 aromatic carbocycles. The van der Waals surface area contributed by atoms with E-state index in [1.165, 1.54) is 23.6 Å². The third-order valence-corrected chi connectivity index (χ3v) is 4.84. The number of hydrogen-bond acceptors (Lipinski definition) is 1. The molecule has 1 nitrogen and oxygen atoms in total. The zero-order valence-electron chi connectivity index (χ0n) is 11.8. The van der Waals surface area contributed by atoms with Crippen molar-refractivity contribution >= 4 is 10.8 Å². The summed E-state index contributed by atoms with van der Waals surface area (Å²) in [6.45, 7) is 4.57. The average molecular weight is 254 g/mol. The third kappa shape index (κ3) is 2.28. The third-order valence-electron chi connectivity index (χ3n) is 4.84. The largest absolute Gasteiger partial charge is 0.388 e. The molecule has 1 aliphatic rings. The Kier molecular flexibility index (Phi) is 3.10. The summed E-state index contributed by atoms with van der Waals surface area (Å²) < 4.78 is 0. The van der Waals surface area contributed by atoms with Crippen LogP contribution in [0.25, 0.3) is 10.8 Å². The lowest BCUT2D eigenvalue weighted by atomic mass is 9.76. The van der Waals surface area contributed by atoms with Gasteiger partial charge < -0.3 is 5.11 Å². The van der Waals surface area contributed by atoms with E-state index < -0.39 is 0 Å². The van der Waals surface area contributed by atoms with Crippen LogP contribution in [0, 0.1) is 11.3 Å². The van der Waals surface area contributed by atoms with Gasteiger partial charge in [0.25, 0.3) is 0 Å². The van der Waals surface area contributed by atoms with Crippen molar-refractivity contribution in [2.24, 2.45) is 11.3 Å². The van der Waals surface area contributed by atoms with Crippen LogP contribution in [0.15, 0.2) is 42.5 Å². The van der Waals surface area contributed by atoms with Gasteiger partial charge in [0.2, 0.25) is 0 Å². The first-order valence-corrected chi connectivity index (χ1v) is 7.25. The Balaban J connectivity index is 1.95. The van der Waals surface area contributed by atoms with Gasteiger partial charge in [0, 0.05) is 0 Å². The van der Waals surface area contributed by atoms with Crippen molar-refractivity contribution in [3.8, 4) is 0 Å². The van der Waals surface area contributed by atoms with Crippen molar-refractivity contribution in [1.82, 2.24) is 0 Å². The van der Waals surface area contributed by atoms with Crippen LogP contribution >= 0.6 is 0 Å². The maximum atomic E-state index is 10.7. The van der Waals surface area contributed by atoms with Crippen LogP contribution in [-0.4, -0.2) is 5.11 Å². The van der Waals surface area contributed by atoms with Gasteiger partial charge >= 0.3 is 0 Å². The second-order valence-electron chi connectivity index (χ2n) is 6.54. The number of aliphatic hydroxyl groups excluding tert-OH is 1. The highest BCUT2D eigenvalue weighted by Crippen LogP contribution is 2.48. The Morgan fingerprint density at radius 1 is 1.11 bits per heavy atom. The first-order chi connectivity index (χ1) is 9.08. The van der Waals surface area contributed by atoms with E-state index in [0.717, 1.165) is 12.0 Å². The van der Waals surface area contributed by atoms with Crippen LogP contribution in [0.5, 0.6) is 0 Å². The summed E-state index contributed by atoms with van der Waals surface area (Å²) in [7, 11) is 0. The highest BCUT2D eigenvalue weighted by molar-refractivity contribution is 5.83. The van der Waals surface area contributed by atoms with Crippen molar-refractivity contribution in [2.45, 2.75) is 39.2 Å². The summed E-state index contributed by atoms with van der Waals surface area (Å²) in [4.78, 5) is 0. The van der Waals surface area contributed by atoms with Crippen molar-refractivity contribution in [1.29, 1.82) is 0 Å². The van der Waals surface area contributed by atoms with Crippen molar-refractivity contribution in [3.63, 3.8) is 0 Å². The first-order valence-electron chi connectivity index (χ1n) is 7.25. The standard InChI is InChI=1S/C18H22O/c1-18(2)11-5-8-16(18)17(19)15-10-9-13-6-3-4-7-14(13)12-15/h3-4,6-7,9-10,12,16-17,19H,5,8,11H2,1-2H3. The molecule has 1 heteroatoms. The Labute approximate surface area is 115 Å². The van der Waals surface area contributed by atoms with E-state index in [0.29, 0.717) is 5.92 Å². The molecule has 0 heterocycles. The minimum atomic E-state index is -0.331. The summed E-state index contributed by atoms with van der Waals surface area (Å²) in [6.07, 6.45) is 3.27. The van der Waals surface area contributed by atoms with Gasteiger partial charge in [0.15, 0.2) is 0 Å². The Bertz CT molecular complexity index is 585. The van der Waals surface area contributed by atoms with Gasteiger partial charge in [-0.15, -0.1) is 0 Å². The smallest absolute Gasteiger partial charge is 0.0823 e. The monoisotopic (exact) mass is 254 g/mol. The van der Waals surface area contributed by atoms with E-state index in [-0.39, 0.29) is 11.5 Å². The molecule has 0 aromatic heterocycles. The van der Waals surface area contributed by atoms with E-state index in [4.69, 9.17) is 0 Å². The van der Waals surface area contributed by atoms with Crippen LogP contribution < -0.4 is 0 Å². The quantitative estimate of drug-likeness (QED) is 0.823. The fourth-order valence-corrected chi connectivity index (χ4v) is 3.56. The molecule has 2 unspecified atom stereocenters. The van der Waals surface area contributed by atoms with Crippen LogP contribution in [0.3, 0.4) is 0 Å². The number of rotatable bonds is 2. The van der Waals surface area contributed by atoms with Crippen LogP contribution in [0.4, 0.5) is 0 Å². The Morgan fingerprint density at radius 3 is 2.53 bits per heavy atom. The molecule has 1 fully saturated rings. The molecule has 2 aromatic rings. The highest BCUT2D eigenvalue weighted by atomic mass is 16.3. The zero-order valence-corrected chi connectivity index (χ0v) is 11.8. The second kappa shape index (κ2) is 4.64. The molecule has 100 valence electrons. The van der Waals surface area contributed by atoms with E-state index in [1.807, 2.05) is 0 Å². The molecule has 19 heavy (non-hydrogen) atoms. The fraction of sp³-hybridized carbons (Fsp3) is 0.444. The van der Waals surface area contributed by atoms with Gasteiger partial charge in [-0.05, 0) is 46.6 Å². The second-order valence-corrected chi connectivity index (χ2v) is 6.54. The first kappa shape index (κ1) is 12.7. The molecule has 0 spiro atoms. The summed E-state index contributed by atoms with van der Waals surface area (Å²) in [5.41, 5.74) is 1.32. The van der Waals surface area contributed by atoms with E-state index in [2.05, 4.69) is 56.3 Å². The molecule has 1 saturated carbocycles. The molecule has 2 atom stereocenters. The maximum Gasteiger partial charge on any atom is 0.0823 e. The molecule has 3 rings (SSSR count). The lowest BCUT2D eigenvalue weighted by molar-refractivity contribution is 0.0532. The summed E-state index contributed by atoms with van der Waals surface area (Å²) in [6, 6.07) is 14.7. The molecule has 0 radical (unpaired) electrons. The maximum absolute atomic E-state index is 10.7. The topological polar surface area (TPSA) is 20.2 Å².